The Morgan fingerprint density at radius 3 is 2.50 bits per heavy atom. The molecule has 0 radical (unpaired) electrons. The van der Waals surface area contributed by atoms with E-state index in [1.165, 1.54) is 9.80 Å². The summed E-state index contributed by atoms with van der Waals surface area (Å²) >= 11 is 0. The van der Waals surface area contributed by atoms with Gasteiger partial charge in [0.1, 0.15) is 6.54 Å². The molecule has 9 nitrogen and oxygen atoms in total. The van der Waals surface area contributed by atoms with Crippen LogP contribution in [0.3, 0.4) is 0 Å². The summed E-state index contributed by atoms with van der Waals surface area (Å²) in [6, 6.07) is 6.70. The molecule has 0 saturated carbocycles. The van der Waals surface area contributed by atoms with Crippen molar-refractivity contribution in [1.82, 2.24) is 19.6 Å². The summed E-state index contributed by atoms with van der Waals surface area (Å²) in [5.74, 6) is -0.188. The van der Waals surface area contributed by atoms with Crippen molar-refractivity contribution in [2.45, 2.75) is 39.5 Å². The van der Waals surface area contributed by atoms with Crippen LogP contribution in [0.5, 0.6) is 0 Å². The molecule has 0 aromatic heterocycles. The van der Waals surface area contributed by atoms with E-state index in [4.69, 9.17) is 4.74 Å². The molecule has 0 aliphatic carbocycles. The third-order valence-corrected chi connectivity index (χ3v) is 5.56. The Bertz CT molecular complexity index is 955. The molecule has 0 N–H and O–H groups in total. The molecular formula is C21H25N5O4. The van der Waals surface area contributed by atoms with Crippen LogP contribution in [0.15, 0.2) is 41.2 Å². The number of hydrogen-bond donors (Lipinski definition) is 0. The van der Waals surface area contributed by atoms with Gasteiger partial charge in [0.15, 0.2) is 12.2 Å². The molecule has 3 aliphatic heterocycles. The minimum Gasteiger partial charge on any atom is -0.465 e. The molecule has 3 aliphatic rings. The SMILES string of the molecule is CCOC(=O)CN1C(C)=CN2C1=NC1C2C(=O)N(Cc2ccc(C)cc2)C(=O)N1C. The summed E-state index contributed by atoms with van der Waals surface area (Å²) in [6.45, 7) is 6.08. The zero-order valence-electron chi connectivity index (χ0n) is 17.5. The van der Waals surface area contributed by atoms with Crippen LogP contribution in [0.1, 0.15) is 25.0 Å². The van der Waals surface area contributed by atoms with E-state index >= 15 is 0 Å². The van der Waals surface area contributed by atoms with Crippen LogP contribution in [-0.4, -0.2) is 75.9 Å². The van der Waals surface area contributed by atoms with Crippen molar-refractivity contribution in [3.8, 4) is 0 Å². The summed E-state index contributed by atoms with van der Waals surface area (Å²) in [7, 11) is 1.65. The van der Waals surface area contributed by atoms with E-state index in [2.05, 4.69) is 4.99 Å². The number of carbonyl (C=O) groups is 3. The van der Waals surface area contributed by atoms with E-state index in [1.54, 1.807) is 30.0 Å². The van der Waals surface area contributed by atoms with Gasteiger partial charge in [-0.15, -0.1) is 0 Å². The average molecular weight is 411 g/mol. The quantitative estimate of drug-likeness (QED) is 0.683. The lowest BCUT2D eigenvalue weighted by Gasteiger charge is -2.40. The smallest absolute Gasteiger partial charge is 0.328 e. The third kappa shape index (κ3) is 3.20. The van der Waals surface area contributed by atoms with Gasteiger partial charge in [0.2, 0.25) is 5.96 Å². The fraction of sp³-hybridized carbons (Fsp3) is 0.429. The van der Waals surface area contributed by atoms with Gasteiger partial charge in [0.05, 0.1) is 13.2 Å². The van der Waals surface area contributed by atoms with Gasteiger partial charge in [-0.25, -0.2) is 9.79 Å². The van der Waals surface area contributed by atoms with Crippen LogP contribution in [0.2, 0.25) is 0 Å². The molecule has 1 saturated heterocycles. The number of aryl methyl sites for hydroxylation is 1. The van der Waals surface area contributed by atoms with Gasteiger partial charge in [-0.05, 0) is 26.3 Å². The van der Waals surface area contributed by atoms with Gasteiger partial charge >= 0.3 is 12.0 Å². The van der Waals surface area contributed by atoms with E-state index in [0.717, 1.165) is 16.8 Å². The van der Waals surface area contributed by atoms with Crippen LogP contribution in [-0.2, 0) is 20.9 Å². The van der Waals surface area contributed by atoms with Crippen molar-refractivity contribution >= 4 is 23.9 Å². The zero-order chi connectivity index (χ0) is 21.6. The lowest BCUT2D eigenvalue weighted by Crippen LogP contribution is -2.63. The fourth-order valence-corrected chi connectivity index (χ4v) is 3.95. The third-order valence-electron chi connectivity index (χ3n) is 5.56. The number of fused-ring (bicyclic) bond motifs is 3. The number of amides is 3. The molecule has 4 rings (SSSR count). The van der Waals surface area contributed by atoms with Crippen molar-refractivity contribution in [1.29, 1.82) is 0 Å². The Morgan fingerprint density at radius 2 is 1.83 bits per heavy atom. The van der Waals surface area contributed by atoms with Gasteiger partial charge in [-0.2, -0.15) is 0 Å². The van der Waals surface area contributed by atoms with Crippen LogP contribution >= 0.6 is 0 Å². The first-order valence-corrected chi connectivity index (χ1v) is 9.93. The Balaban J connectivity index is 1.59. The van der Waals surface area contributed by atoms with Crippen molar-refractivity contribution < 1.29 is 19.1 Å². The number of urea groups is 1. The second-order valence-corrected chi connectivity index (χ2v) is 7.66. The molecular weight excluding hydrogens is 386 g/mol. The second kappa shape index (κ2) is 7.47. The van der Waals surface area contributed by atoms with Gasteiger partial charge in [-0.3, -0.25) is 14.5 Å². The molecule has 1 aromatic carbocycles. The Hall–Kier alpha value is -3.36. The van der Waals surface area contributed by atoms with E-state index in [-0.39, 0.29) is 31.0 Å². The van der Waals surface area contributed by atoms with E-state index in [9.17, 15) is 14.4 Å². The number of allylic oxidation sites excluding steroid dienone is 1. The number of guanidine groups is 1. The minimum absolute atomic E-state index is 0.00385. The Kier molecular flexibility index (Phi) is 4.97. The normalized spacial score (nSPS) is 22.8. The molecule has 0 bridgehead atoms. The maximum Gasteiger partial charge on any atom is 0.328 e. The molecule has 1 fully saturated rings. The second-order valence-electron chi connectivity index (χ2n) is 7.66. The number of nitrogens with zero attached hydrogens (tertiary/aromatic N) is 5. The first-order chi connectivity index (χ1) is 14.3. The number of benzene rings is 1. The van der Waals surface area contributed by atoms with Crippen LogP contribution in [0.4, 0.5) is 4.79 Å². The molecule has 3 heterocycles. The standard InChI is InChI=1S/C21H25N5O4/c1-5-30-16(27)12-24-14(3)10-25-17-18(22-20(24)25)23(4)21(29)26(19(17)28)11-15-8-6-13(2)7-9-15/h6-10,17-18H,5,11-12H2,1-4H3. The highest BCUT2D eigenvalue weighted by molar-refractivity contribution is 6.05. The average Bonchev–Trinajstić information content (AvgIpc) is 3.21. The number of likely N-dealkylation sites (N-methyl/N-ethyl adjacent to an activating group) is 1. The number of aliphatic imine (C=N–C) groups is 1. The lowest BCUT2D eigenvalue weighted by atomic mass is 10.1. The van der Waals surface area contributed by atoms with Gasteiger partial charge in [-0.1, -0.05) is 29.8 Å². The summed E-state index contributed by atoms with van der Waals surface area (Å²) in [4.78, 5) is 49.1. The van der Waals surface area contributed by atoms with E-state index < -0.39 is 12.2 Å². The number of hydrogen-bond acceptors (Lipinski definition) is 7. The Labute approximate surface area is 175 Å². The first kappa shape index (κ1) is 19.9. The van der Waals surface area contributed by atoms with E-state index in [1.807, 2.05) is 38.1 Å². The zero-order valence-corrected chi connectivity index (χ0v) is 17.5. The monoisotopic (exact) mass is 411 g/mol. The maximum atomic E-state index is 13.3. The van der Waals surface area contributed by atoms with Crippen LogP contribution in [0.25, 0.3) is 0 Å². The minimum atomic E-state index is -0.657. The van der Waals surface area contributed by atoms with Crippen molar-refractivity contribution in [3.63, 3.8) is 0 Å². The molecule has 1 aromatic rings. The molecule has 9 heteroatoms. The number of rotatable bonds is 5. The van der Waals surface area contributed by atoms with Gasteiger partial charge in [0.25, 0.3) is 5.91 Å². The molecule has 0 spiro atoms. The van der Waals surface area contributed by atoms with Crippen molar-refractivity contribution in [3.05, 3.63) is 47.3 Å². The first-order valence-electron chi connectivity index (χ1n) is 9.93. The Morgan fingerprint density at radius 1 is 1.13 bits per heavy atom. The number of imide groups is 1. The highest BCUT2D eigenvalue weighted by atomic mass is 16.5. The topological polar surface area (TPSA) is 85.8 Å². The summed E-state index contributed by atoms with van der Waals surface area (Å²) in [5.41, 5.74) is 2.78. The summed E-state index contributed by atoms with van der Waals surface area (Å²) in [5, 5.41) is 0. The molecule has 2 unspecified atom stereocenters. The van der Waals surface area contributed by atoms with Gasteiger partial charge < -0.3 is 19.4 Å². The summed E-state index contributed by atoms with van der Waals surface area (Å²) < 4.78 is 5.05. The highest BCUT2D eigenvalue weighted by Gasteiger charge is 2.54. The molecule has 2 atom stereocenters. The lowest BCUT2D eigenvalue weighted by molar-refractivity contribution is -0.143. The van der Waals surface area contributed by atoms with Crippen LogP contribution < -0.4 is 0 Å². The number of esters is 1. The number of ether oxygens (including phenoxy) is 1. The molecule has 158 valence electrons. The molecule has 30 heavy (non-hydrogen) atoms. The predicted octanol–water partition coefficient (Wildman–Crippen LogP) is 1.50. The predicted molar refractivity (Wildman–Crippen MR) is 109 cm³/mol. The van der Waals surface area contributed by atoms with Crippen molar-refractivity contribution in [2.24, 2.45) is 4.99 Å². The largest absolute Gasteiger partial charge is 0.465 e. The van der Waals surface area contributed by atoms with Crippen LogP contribution in [0, 0.1) is 6.92 Å². The summed E-state index contributed by atoms with van der Waals surface area (Å²) in [6.07, 6.45) is 1.16. The van der Waals surface area contributed by atoms with Crippen molar-refractivity contribution in [2.75, 3.05) is 20.2 Å². The fourth-order valence-electron chi connectivity index (χ4n) is 3.95. The van der Waals surface area contributed by atoms with E-state index in [0.29, 0.717) is 12.6 Å². The number of carbonyl (C=O) groups excluding carboxylic acids is 3. The van der Waals surface area contributed by atoms with Gasteiger partial charge in [0, 0.05) is 18.9 Å². The maximum absolute atomic E-state index is 13.3. The highest BCUT2D eigenvalue weighted by Crippen LogP contribution is 2.34. The molecule has 3 amide bonds.